The van der Waals surface area contributed by atoms with Crippen molar-refractivity contribution < 1.29 is 48.9 Å². The van der Waals surface area contributed by atoms with Gasteiger partial charge in [-0.3, -0.25) is 14.4 Å². The number of para-hydroxylation sites is 2. The smallest absolute Gasteiger partial charge is 1.00 e. The first-order valence-corrected chi connectivity index (χ1v) is 17.2. The normalized spacial score (nSPS) is 12.6. The number of nitrogens with zero attached hydrogens (tertiary/aromatic N) is 1. The molecule has 1 amide bonds. The number of amides is 1. The number of benzene rings is 4. The third kappa shape index (κ3) is 17.5. The van der Waals surface area contributed by atoms with Crippen molar-refractivity contribution in [2.45, 2.75) is 39.5 Å². The number of hydroxylamine groups is 2. The van der Waals surface area contributed by atoms with Crippen molar-refractivity contribution in [3.8, 4) is 11.5 Å². The molecule has 0 spiro atoms. The van der Waals surface area contributed by atoms with E-state index in [9.17, 15) is 9.59 Å². The van der Waals surface area contributed by atoms with Gasteiger partial charge in [-0.1, -0.05) is 85.6 Å². The van der Waals surface area contributed by atoms with Gasteiger partial charge in [0.2, 0.25) is 0 Å². The summed E-state index contributed by atoms with van der Waals surface area (Å²) in [6.07, 6.45) is 5.17. The van der Waals surface area contributed by atoms with E-state index in [2.05, 4.69) is 13.8 Å². The van der Waals surface area contributed by atoms with Crippen LogP contribution in [0.15, 0.2) is 97.1 Å². The Morgan fingerprint density at radius 1 is 0.784 bits per heavy atom. The number of halogens is 2. The van der Waals surface area contributed by atoms with E-state index < -0.39 is 0 Å². The maximum Gasteiger partial charge on any atom is 1.00 e. The molecule has 1 heterocycles. The van der Waals surface area contributed by atoms with Crippen LogP contribution in [0.1, 0.15) is 60.0 Å². The molecule has 1 aliphatic rings. The van der Waals surface area contributed by atoms with Crippen LogP contribution in [0, 0.1) is 11.8 Å². The Balaban J connectivity index is 0.000000844. The summed E-state index contributed by atoms with van der Waals surface area (Å²) in [6.45, 7) is 7.33. The molecule has 4 aromatic rings. The van der Waals surface area contributed by atoms with Crippen molar-refractivity contribution in [2.24, 2.45) is 11.8 Å². The fourth-order valence-corrected chi connectivity index (χ4v) is 5.12. The van der Waals surface area contributed by atoms with Crippen molar-refractivity contribution >= 4 is 52.8 Å². The summed E-state index contributed by atoms with van der Waals surface area (Å²) in [6, 6.07) is 30.1. The van der Waals surface area contributed by atoms with E-state index in [4.69, 9.17) is 42.3 Å². The Morgan fingerprint density at radius 3 is 1.69 bits per heavy atom. The second-order valence-corrected chi connectivity index (χ2v) is 12.8. The molecular formula is C40H51AlCl2LiNO6. The summed E-state index contributed by atoms with van der Waals surface area (Å²) in [5.41, 5.74) is 3.51. The topological polar surface area (TPSA) is 74.3 Å². The van der Waals surface area contributed by atoms with Gasteiger partial charge in [0.25, 0.3) is 5.91 Å². The Morgan fingerprint density at radius 2 is 1.24 bits per heavy atom. The van der Waals surface area contributed by atoms with Gasteiger partial charge in [0, 0.05) is 30.3 Å². The van der Waals surface area contributed by atoms with Crippen LogP contribution < -0.4 is 28.3 Å². The van der Waals surface area contributed by atoms with Crippen LogP contribution >= 0.6 is 23.2 Å². The van der Waals surface area contributed by atoms with Gasteiger partial charge < -0.3 is 15.6 Å². The molecule has 0 saturated carbocycles. The van der Waals surface area contributed by atoms with Gasteiger partial charge in [-0.15, -0.1) is 0 Å². The number of rotatable bonds is 13. The molecule has 11 heteroatoms. The summed E-state index contributed by atoms with van der Waals surface area (Å²) < 4.78 is 16.6. The molecule has 1 fully saturated rings. The molecule has 2 unspecified atom stereocenters. The second-order valence-electron chi connectivity index (χ2n) is 12.0. The first-order valence-electron chi connectivity index (χ1n) is 16.5. The van der Waals surface area contributed by atoms with Crippen molar-refractivity contribution in [3.05, 3.63) is 129 Å². The molecule has 0 radical (unpaired) electrons. The van der Waals surface area contributed by atoms with Crippen molar-refractivity contribution in [3.63, 3.8) is 0 Å². The van der Waals surface area contributed by atoms with Gasteiger partial charge in [-0.25, -0.2) is 5.06 Å². The van der Waals surface area contributed by atoms with Gasteiger partial charge >= 0.3 is 18.9 Å². The standard InChI is InChI=1S/C19H22ClNO3.C17H17ClO2.C4H8O.Al.Li.4H/c1-14(12-15-8-10-16(20)11-9-15)13-24-18-7-5-4-6-17(18)19(22)21(2)23-3;1-13(10-14-6-8-16(18)9-7-14)12-20-17-5-3-2-4-15(17)11-19;1-2-4-5-3-1;;;;;;/h4-11,14H,12-13H2,1-3H3;2-9,11,13H,10,12H2,1H3;1-4H2;;;;;;/q;;;;+1;;;;-1. The summed E-state index contributed by atoms with van der Waals surface area (Å²) in [5.74, 6) is 1.63. The number of hydrogen-bond donors (Lipinski definition) is 0. The molecular weight excluding hydrogens is 695 g/mol. The third-order valence-electron chi connectivity index (χ3n) is 7.59. The average Bonchev–Trinajstić information content (AvgIpc) is 3.72. The van der Waals surface area contributed by atoms with Crippen LogP contribution in [0.25, 0.3) is 0 Å². The van der Waals surface area contributed by atoms with Crippen LogP contribution in [-0.4, -0.2) is 75.2 Å². The van der Waals surface area contributed by atoms with Gasteiger partial charge in [-0.05, 0) is 97.2 Å². The van der Waals surface area contributed by atoms with Crippen molar-refractivity contribution in [1.29, 1.82) is 0 Å². The summed E-state index contributed by atoms with van der Waals surface area (Å²) >= 11 is 11.8. The minimum Gasteiger partial charge on any atom is -1.00 e. The second kappa shape index (κ2) is 26.1. The maximum absolute atomic E-state index is 12.3. The molecule has 0 aliphatic carbocycles. The monoisotopic (exact) mass is 745 g/mol. The van der Waals surface area contributed by atoms with Crippen LogP contribution in [-0.2, 0) is 22.4 Å². The molecule has 0 N–H and O–H groups in total. The van der Waals surface area contributed by atoms with Crippen LogP contribution in [0.4, 0.5) is 0 Å². The first-order chi connectivity index (χ1) is 23.7. The number of carbonyl (C=O) groups excluding carboxylic acids is 2. The molecule has 0 aromatic heterocycles. The predicted octanol–water partition coefficient (Wildman–Crippen LogP) is 5.37. The van der Waals surface area contributed by atoms with Crippen LogP contribution in [0.2, 0.25) is 10.0 Å². The molecule has 1 aliphatic heterocycles. The molecule has 1 saturated heterocycles. The number of aldehydes is 1. The van der Waals surface area contributed by atoms with Crippen LogP contribution in [0.5, 0.6) is 11.5 Å². The Labute approximate surface area is 337 Å². The number of ether oxygens (including phenoxy) is 3. The number of hydrogen-bond acceptors (Lipinski definition) is 6. The van der Waals surface area contributed by atoms with Gasteiger partial charge in [0.1, 0.15) is 11.5 Å². The predicted molar refractivity (Wildman–Crippen MR) is 208 cm³/mol. The Hall–Kier alpha value is -2.75. The number of carbonyl (C=O) groups is 2. The van der Waals surface area contributed by atoms with E-state index >= 15 is 0 Å². The van der Waals surface area contributed by atoms with Crippen LogP contribution in [0.3, 0.4) is 0 Å². The zero-order valence-corrected chi connectivity index (χ0v) is 31.3. The van der Waals surface area contributed by atoms with E-state index in [1.807, 2.05) is 72.8 Å². The Kier molecular flexibility index (Phi) is 23.7. The third-order valence-corrected chi connectivity index (χ3v) is 8.10. The van der Waals surface area contributed by atoms with E-state index in [-0.39, 0.29) is 43.6 Å². The largest absolute Gasteiger partial charge is 1.00 e. The van der Waals surface area contributed by atoms with Gasteiger partial charge in [-0.2, -0.15) is 0 Å². The van der Waals surface area contributed by atoms with Gasteiger partial charge in [0.05, 0.1) is 31.5 Å². The maximum atomic E-state index is 12.3. The Bertz CT molecular complexity index is 1560. The minimum absolute atomic E-state index is 0. The van der Waals surface area contributed by atoms with Crippen molar-refractivity contribution in [2.75, 3.05) is 40.6 Å². The summed E-state index contributed by atoms with van der Waals surface area (Å²) in [5, 5.41) is 2.66. The quantitative estimate of drug-likeness (QED) is 0.104. The first kappa shape index (κ1) is 46.3. The van der Waals surface area contributed by atoms with Gasteiger partial charge in [0.15, 0.2) is 23.6 Å². The van der Waals surface area contributed by atoms with Crippen molar-refractivity contribution in [1.82, 2.24) is 5.06 Å². The van der Waals surface area contributed by atoms with E-state index in [1.54, 1.807) is 31.3 Å². The summed E-state index contributed by atoms with van der Waals surface area (Å²) in [7, 11) is 3.03. The zero-order chi connectivity index (χ0) is 35.4. The fourth-order valence-electron chi connectivity index (χ4n) is 4.87. The molecule has 4 aromatic carbocycles. The zero-order valence-electron chi connectivity index (χ0n) is 30.8. The van der Waals surface area contributed by atoms with E-state index in [0.717, 1.165) is 42.4 Å². The fraction of sp³-hybridized carbons (Fsp3) is 0.350. The van der Waals surface area contributed by atoms with E-state index in [1.165, 1.54) is 36.1 Å². The molecule has 7 nitrogen and oxygen atoms in total. The average molecular weight is 747 g/mol. The molecule has 51 heavy (non-hydrogen) atoms. The van der Waals surface area contributed by atoms with E-state index in [0.29, 0.717) is 47.7 Å². The summed E-state index contributed by atoms with van der Waals surface area (Å²) in [4.78, 5) is 28.1. The molecule has 0 bridgehead atoms. The minimum atomic E-state index is -0.238. The molecule has 270 valence electrons. The molecule has 2 atom stereocenters. The molecule has 5 rings (SSSR count). The SMILES string of the molecule is C1CCOC1.CC(COc1ccccc1C=O)Cc1ccc(Cl)cc1.CON(C)C(=O)c1ccccc1OCC(C)Cc1ccc(Cl)cc1.[AlH3].[H-].[Li+].